The first-order valence-electron chi connectivity index (χ1n) is 6.99. The van der Waals surface area contributed by atoms with Crippen molar-refractivity contribution in [2.75, 3.05) is 0 Å². The molecule has 1 heterocycles. The first-order chi connectivity index (χ1) is 11.8. The Hall–Kier alpha value is -1.70. The van der Waals surface area contributed by atoms with Crippen LogP contribution < -0.4 is 0 Å². The van der Waals surface area contributed by atoms with Crippen LogP contribution in [0.1, 0.15) is 11.1 Å². The SMILES string of the molecule is FC(F)(F)c1ccc(CSc2nncn2-c2ccc(Cl)c(Cl)c2)cc1. The predicted molar refractivity (Wildman–Crippen MR) is 92.4 cm³/mol. The van der Waals surface area contributed by atoms with Crippen molar-refractivity contribution in [3.05, 3.63) is 70.0 Å². The molecule has 130 valence electrons. The molecule has 3 aromatic rings. The average molecular weight is 404 g/mol. The lowest BCUT2D eigenvalue weighted by molar-refractivity contribution is -0.137. The van der Waals surface area contributed by atoms with Gasteiger partial charge in [0, 0.05) is 5.75 Å². The number of hydrogen-bond donors (Lipinski definition) is 0. The van der Waals surface area contributed by atoms with Gasteiger partial charge in [0.25, 0.3) is 0 Å². The summed E-state index contributed by atoms with van der Waals surface area (Å²) in [5, 5.41) is 9.36. The van der Waals surface area contributed by atoms with Gasteiger partial charge >= 0.3 is 6.18 Å². The lowest BCUT2D eigenvalue weighted by Gasteiger charge is -2.09. The standard InChI is InChI=1S/C16H10Cl2F3N3S/c17-13-6-5-12(7-14(13)18)24-9-22-23-15(24)25-8-10-1-3-11(4-2-10)16(19,20)21/h1-7,9H,8H2. The van der Waals surface area contributed by atoms with Crippen molar-refractivity contribution in [1.29, 1.82) is 0 Å². The van der Waals surface area contributed by atoms with Crippen LogP contribution in [-0.4, -0.2) is 14.8 Å². The van der Waals surface area contributed by atoms with Crippen LogP contribution in [0.25, 0.3) is 5.69 Å². The predicted octanol–water partition coefficient (Wildman–Crippen LogP) is 5.89. The van der Waals surface area contributed by atoms with Gasteiger partial charge in [-0.1, -0.05) is 47.1 Å². The summed E-state index contributed by atoms with van der Waals surface area (Å²) in [5.74, 6) is 0.457. The molecule has 0 fully saturated rings. The Bertz CT molecular complexity index is 879. The van der Waals surface area contributed by atoms with E-state index in [1.54, 1.807) is 22.8 Å². The molecule has 3 nitrogen and oxygen atoms in total. The molecule has 0 unspecified atom stereocenters. The minimum absolute atomic E-state index is 0.409. The number of hydrogen-bond acceptors (Lipinski definition) is 3. The number of benzene rings is 2. The third-order valence-corrected chi connectivity index (χ3v) is 5.10. The second-order valence-electron chi connectivity index (χ2n) is 5.07. The molecule has 0 saturated carbocycles. The molecule has 2 aromatic carbocycles. The summed E-state index contributed by atoms with van der Waals surface area (Å²) in [7, 11) is 0. The Balaban J connectivity index is 1.74. The number of rotatable bonds is 4. The second-order valence-corrected chi connectivity index (χ2v) is 6.82. The van der Waals surface area contributed by atoms with Gasteiger partial charge in [-0.3, -0.25) is 4.57 Å². The summed E-state index contributed by atoms with van der Waals surface area (Å²) in [5.41, 5.74) is 0.830. The molecule has 9 heteroatoms. The Labute approximate surface area is 155 Å². The lowest BCUT2D eigenvalue weighted by Crippen LogP contribution is -2.04. The molecule has 1 aromatic heterocycles. The van der Waals surface area contributed by atoms with Gasteiger partial charge in [-0.25, -0.2) is 0 Å². The highest BCUT2D eigenvalue weighted by Crippen LogP contribution is 2.31. The number of nitrogens with zero attached hydrogens (tertiary/aromatic N) is 3. The molecule has 25 heavy (non-hydrogen) atoms. The summed E-state index contributed by atoms with van der Waals surface area (Å²) < 4.78 is 39.5. The van der Waals surface area contributed by atoms with E-state index < -0.39 is 11.7 Å². The van der Waals surface area contributed by atoms with E-state index in [9.17, 15) is 13.2 Å². The maximum Gasteiger partial charge on any atom is 0.416 e. The Morgan fingerprint density at radius 3 is 2.36 bits per heavy atom. The van der Waals surface area contributed by atoms with Crippen LogP contribution in [0.4, 0.5) is 13.2 Å². The molecular formula is C16H10Cl2F3N3S. The van der Waals surface area contributed by atoms with Crippen molar-refractivity contribution in [2.45, 2.75) is 17.1 Å². The number of aromatic nitrogens is 3. The summed E-state index contributed by atoms with van der Waals surface area (Å²) >= 11 is 13.3. The minimum Gasteiger partial charge on any atom is -0.277 e. The van der Waals surface area contributed by atoms with Crippen molar-refractivity contribution in [3.8, 4) is 5.69 Å². The van der Waals surface area contributed by atoms with Gasteiger partial charge < -0.3 is 0 Å². The summed E-state index contributed by atoms with van der Waals surface area (Å²) in [4.78, 5) is 0. The third kappa shape index (κ3) is 4.29. The highest BCUT2D eigenvalue weighted by Gasteiger charge is 2.29. The second kappa shape index (κ2) is 7.27. The first kappa shape index (κ1) is 18.1. The van der Waals surface area contributed by atoms with Gasteiger partial charge in [0.15, 0.2) is 5.16 Å². The molecule has 3 rings (SSSR count). The van der Waals surface area contributed by atoms with Crippen molar-refractivity contribution in [2.24, 2.45) is 0 Å². The number of alkyl halides is 3. The van der Waals surface area contributed by atoms with Crippen molar-refractivity contribution in [3.63, 3.8) is 0 Å². The number of thioether (sulfide) groups is 1. The van der Waals surface area contributed by atoms with Crippen LogP contribution in [-0.2, 0) is 11.9 Å². The molecule has 0 bridgehead atoms. The zero-order valence-electron chi connectivity index (χ0n) is 12.5. The van der Waals surface area contributed by atoms with Gasteiger partial charge in [0.1, 0.15) is 6.33 Å². The molecular weight excluding hydrogens is 394 g/mol. The monoisotopic (exact) mass is 403 g/mol. The zero-order valence-corrected chi connectivity index (χ0v) is 14.8. The zero-order chi connectivity index (χ0) is 18.0. The van der Waals surface area contributed by atoms with Gasteiger partial charge in [-0.15, -0.1) is 10.2 Å². The van der Waals surface area contributed by atoms with E-state index in [0.717, 1.165) is 23.4 Å². The molecule has 0 aliphatic rings. The van der Waals surface area contributed by atoms with E-state index in [0.29, 0.717) is 21.0 Å². The maximum atomic E-state index is 12.6. The molecule has 0 spiro atoms. The van der Waals surface area contributed by atoms with E-state index >= 15 is 0 Å². The molecule has 0 radical (unpaired) electrons. The van der Waals surface area contributed by atoms with Gasteiger partial charge in [-0.2, -0.15) is 13.2 Å². The van der Waals surface area contributed by atoms with Crippen LogP contribution in [0.15, 0.2) is 53.9 Å². The summed E-state index contributed by atoms with van der Waals surface area (Å²) in [6.45, 7) is 0. The van der Waals surface area contributed by atoms with E-state index in [4.69, 9.17) is 23.2 Å². The fourth-order valence-electron chi connectivity index (χ4n) is 2.07. The normalized spacial score (nSPS) is 11.7. The van der Waals surface area contributed by atoms with E-state index in [-0.39, 0.29) is 0 Å². The van der Waals surface area contributed by atoms with E-state index in [1.807, 2.05) is 0 Å². The van der Waals surface area contributed by atoms with Gasteiger partial charge in [0.05, 0.1) is 21.3 Å². The van der Waals surface area contributed by atoms with Gasteiger partial charge in [0.2, 0.25) is 0 Å². The largest absolute Gasteiger partial charge is 0.416 e. The van der Waals surface area contributed by atoms with Crippen molar-refractivity contribution < 1.29 is 13.2 Å². The van der Waals surface area contributed by atoms with E-state index in [1.165, 1.54) is 30.2 Å². The smallest absolute Gasteiger partial charge is 0.277 e. The summed E-state index contributed by atoms with van der Waals surface area (Å²) in [6.07, 6.45) is -2.80. The molecule has 0 N–H and O–H groups in total. The van der Waals surface area contributed by atoms with E-state index in [2.05, 4.69) is 10.2 Å². The highest BCUT2D eigenvalue weighted by atomic mass is 35.5. The fraction of sp³-hybridized carbons (Fsp3) is 0.125. The Morgan fingerprint density at radius 2 is 1.72 bits per heavy atom. The quantitative estimate of drug-likeness (QED) is 0.509. The Morgan fingerprint density at radius 1 is 1.00 bits per heavy atom. The maximum absolute atomic E-state index is 12.6. The Kier molecular flexibility index (Phi) is 5.27. The van der Waals surface area contributed by atoms with Crippen LogP contribution >= 0.6 is 35.0 Å². The molecule has 0 atom stereocenters. The molecule has 0 aliphatic heterocycles. The topological polar surface area (TPSA) is 30.7 Å². The highest BCUT2D eigenvalue weighted by molar-refractivity contribution is 7.98. The molecule has 0 aliphatic carbocycles. The third-order valence-electron chi connectivity index (χ3n) is 3.35. The van der Waals surface area contributed by atoms with Crippen LogP contribution in [0.3, 0.4) is 0 Å². The lowest BCUT2D eigenvalue weighted by atomic mass is 10.1. The van der Waals surface area contributed by atoms with Crippen molar-refractivity contribution in [1.82, 2.24) is 14.8 Å². The van der Waals surface area contributed by atoms with Crippen LogP contribution in [0.5, 0.6) is 0 Å². The van der Waals surface area contributed by atoms with Crippen LogP contribution in [0.2, 0.25) is 10.0 Å². The molecule has 0 amide bonds. The van der Waals surface area contributed by atoms with Crippen LogP contribution in [0, 0.1) is 0 Å². The number of halogens is 5. The average Bonchev–Trinajstić information content (AvgIpc) is 3.03. The molecule has 0 saturated heterocycles. The fourth-order valence-corrected chi connectivity index (χ4v) is 3.25. The summed E-state index contributed by atoms with van der Waals surface area (Å²) in [6, 6.07) is 10.2. The first-order valence-corrected chi connectivity index (χ1v) is 8.73. The minimum atomic E-state index is -4.33. The van der Waals surface area contributed by atoms with Gasteiger partial charge in [-0.05, 0) is 35.9 Å². The van der Waals surface area contributed by atoms with Crippen molar-refractivity contribution >= 4 is 35.0 Å².